The van der Waals surface area contributed by atoms with E-state index in [2.05, 4.69) is 24.1 Å². The van der Waals surface area contributed by atoms with E-state index in [1.807, 2.05) is 19.1 Å². The molecule has 0 radical (unpaired) electrons. The number of carbonyl (C=O) groups is 2. The quantitative estimate of drug-likeness (QED) is 0.836. The third-order valence-electron chi connectivity index (χ3n) is 4.99. The monoisotopic (exact) mass is 354 g/mol. The van der Waals surface area contributed by atoms with E-state index >= 15 is 0 Å². The first-order chi connectivity index (χ1) is 12.4. The summed E-state index contributed by atoms with van der Waals surface area (Å²) < 4.78 is 5.33. The molecule has 1 aromatic rings. The topological polar surface area (TPSA) is 68.3 Å². The molecule has 0 saturated heterocycles. The Labute approximate surface area is 154 Å². The molecule has 5 nitrogen and oxygen atoms in total. The molecule has 26 heavy (non-hydrogen) atoms. The molecular formula is C21H26N2O3. The van der Waals surface area contributed by atoms with Gasteiger partial charge in [-0.3, -0.25) is 9.78 Å². The van der Waals surface area contributed by atoms with Crippen molar-refractivity contribution in [2.75, 3.05) is 6.61 Å². The van der Waals surface area contributed by atoms with Crippen LogP contribution >= 0.6 is 0 Å². The molecule has 0 amide bonds. The first kappa shape index (κ1) is 18.4. The lowest BCUT2D eigenvalue weighted by atomic mass is 9.68. The van der Waals surface area contributed by atoms with Crippen molar-refractivity contribution < 1.29 is 14.3 Å². The van der Waals surface area contributed by atoms with Gasteiger partial charge in [0, 0.05) is 41.7 Å². The van der Waals surface area contributed by atoms with E-state index in [0.29, 0.717) is 30.6 Å². The molecule has 1 aliphatic heterocycles. The number of aromatic nitrogens is 1. The largest absolute Gasteiger partial charge is 0.463 e. The Hall–Kier alpha value is -2.43. The average molecular weight is 354 g/mol. The van der Waals surface area contributed by atoms with Crippen LogP contribution in [0, 0.1) is 5.41 Å². The first-order valence-corrected chi connectivity index (χ1v) is 9.21. The summed E-state index contributed by atoms with van der Waals surface area (Å²) >= 11 is 0. The molecule has 138 valence electrons. The zero-order valence-corrected chi connectivity index (χ0v) is 15.9. The van der Waals surface area contributed by atoms with E-state index in [9.17, 15) is 9.59 Å². The van der Waals surface area contributed by atoms with Gasteiger partial charge in [0.15, 0.2) is 5.78 Å². The zero-order chi connectivity index (χ0) is 18.9. The van der Waals surface area contributed by atoms with Crippen molar-refractivity contribution in [3.8, 4) is 0 Å². The molecule has 3 rings (SSSR count). The van der Waals surface area contributed by atoms with E-state index in [-0.39, 0.29) is 17.2 Å². The van der Waals surface area contributed by atoms with Gasteiger partial charge in [0.05, 0.1) is 12.2 Å². The summed E-state index contributed by atoms with van der Waals surface area (Å²) in [4.78, 5) is 30.1. The second-order valence-corrected chi connectivity index (χ2v) is 7.64. The number of nitrogens with zero attached hydrogens (tertiary/aromatic N) is 1. The van der Waals surface area contributed by atoms with E-state index in [1.54, 1.807) is 19.3 Å². The second-order valence-electron chi connectivity index (χ2n) is 7.64. The van der Waals surface area contributed by atoms with Crippen molar-refractivity contribution in [1.82, 2.24) is 10.3 Å². The Morgan fingerprint density at radius 3 is 2.73 bits per heavy atom. The van der Waals surface area contributed by atoms with Gasteiger partial charge >= 0.3 is 5.97 Å². The highest BCUT2D eigenvalue weighted by molar-refractivity contribution is 6.04. The summed E-state index contributed by atoms with van der Waals surface area (Å²) in [6.45, 7) is 8.30. The third-order valence-corrected chi connectivity index (χ3v) is 4.99. The first-order valence-electron chi connectivity index (χ1n) is 9.21. The van der Waals surface area contributed by atoms with E-state index in [0.717, 1.165) is 23.4 Å². The van der Waals surface area contributed by atoms with Gasteiger partial charge in [-0.1, -0.05) is 26.8 Å². The van der Waals surface area contributed by atoms with Crippen molar-refractivity contribution in [3.63, 3.8) is 0 Å². The maximum atomic E-state index is 13.1. The lowest BCUT2D eigenvalue weighted by molar-refractivity contribution is -0.138. The maximum absolute atomic E-state index is 13.1. The van der Waals surface area contributed by atoms with Gasteiger partial charge in [0.1, 0.15) is 0 Å². The van der Waals surface area contributed by atoms with Crippen LogP contribution in [0.2, 0.25) is 0 Å². The number of ether oxygens (including phenoxy) is 1. The number of pyridine rings is 1. The average Bonchev–Trinajstić information content (AvgIpc) is 2.59. The number of nitrogens with one attached hydrogen (secondary N) is 1. The molecule has 2 heterocycles. The van der Waals surface area contributed by atoms with Crippen molar-refractivity contribution in [3.05, 3.63) is 52.6 Å². The maximum Gasteiger partial charge on any atom is 0.336 e. The van der Waals surface area contributed by atoms with Gasteiger partial charge in [-0.25, -0.2) is 4.79 Å². The highest BCUT2D eigenvalue weighted by Gasteiger charge is 2.43. The summed E-state index contributed by atoms with van der Waals surface area (Å²) in [6, 6.07) is 3.76. The van der Waals surface area contributed by atoms with Gasteiger partial charge in [-0.2, -0.15) is 0 Å². The summed E-state index contributed by atoms with van der Waals surface area (Å²) in [7, 11) is 0. The minimum absolute atomic E-state index is 0.0922. The normalized spacial score (nSPS) is 22.0. The second kappa shape index (κ2) is 7.06. The molecular weight excluding hydrogens is 328 g/mol. The van der Waals surface area contributed by atoms with Crippen molar-refractivity contribution in [2.45, 2.75) is 52.9 Å². The van der Waals surface area contributed by atoms with Crippen LogP contribution in [0.1, 0.15) is 58.4 Å². The number of dihydropyridines is 1. The van der Waals surface area contributed by atoms with Crippen LogP contribution in [0.4, 0.5) is 0 Å². The van der Waals surface area contributed by atoms with Gasteiger partial charge < -0.3 is 10.1 Å². The van der Waals surface area contributed by atoms with Crippen LogP contribution in [0.3, 0.4) is 0 Å². The van der Waals surface area contributed by atoms with Crippen LogP contribution in [-0.2, 0) is 14.3 Å². The van der Waals surface area contributed by atoms with Crippen molar-refractivity contribution >= 4 is 11.8 Å². The summed E-state index contributed by atoms with van der Waals surface area (Å²) in [5, 5.41) is 3.40. The lowest BCUT2D eigenvalue weighted by Crippen LogP contribution is -2.39. The number of carbonyl (C=O) groups excluding carboxylic acids is 2. The van der Waals surface area contributed by atoms with Crippen LogP contribution in [0.5, 0.6) is 0 Å². The molecule has 0 saturated carbocycles. The summed E-state index contributed by atoms with van der Waals surface area (Å²) in [5.74, 6) is -0.693. The molecule has 1 atom stereocenters. The number of hydrogen-bond donors (Lipinski definition) is 1. The van der Waals surface area contributed by atoms with Gasteiger partial charge in [-0.15, -0.1) is 0 Å². The fourth-order valence-electron chi connectivity index (χ4n) is 3.96. The predicted molar refractivity (Wildman–Crippen MR) is 99.1 cm³/mol. The third kappa shape index (κ3) is 3.30. The Balaban J connectivity index is 2.19. The highest BCUT2D eigenvalue weighted by Crippen LogP contribution is 2.47. The number of hydrogen-bond acceptors (Lipinski definition) is 5. The van der Waals surface area contributed by atoms with Crippen LogP contribution < -0.4 is 5.32 Å². The number of rotatable bonds is 4. The lowest BCUT2D eigenvalue weighted by Gasteiger charge is -2.39. The summed E-state index contributed by atoms with van der Waals surface area (Å²) in [6.07, 6.45) is 5.35. The molecule has 0 fully saturated rings. The van der Waals surface area contributed by atoms with Gasteiger partial charge in [0.2, 0.25) is 0 Å². The molecule has 1 aromatic heterocycles. The molecule has 5 heteroatoms. The highest BCUT2D eigenvalue weighted by atomic mass is 16.5. The predicted octanol–water partition coefficient (Wildman–Crippen LogP) is 3.64. The van der Waals surface area contributed by atoms with Crippen LogP contribution in [0.15, 0.2) is 47.1 Å². The van der Waals surface area contributed by atoms with Gasteiger partial charge in [0.25, 0.3) is 0 Å². The molecule has 2 aliphatic rings. The molecule has 0 aromatic carbocycles. The fraction of sp³-hybridized carbons (Fsp3) is 0.476. The minimum atomic E-state index is -0.419. The van der Waals surface area contributed by atoms with Crippen LogP contribution in [0.25, 0.3) is 0 Å². The zero-order valence-electron chi connectivity index (χ0n) is 15.9. The van der Waals surface area contributed by atoms with Crippen molar-refractivity contribution in [2.24, 2.45) is 5.41 Å². The van der Waals surface area contributed by atoms with Gasteiger partial charge in [-0.05, 0) is 36.8 Å². The molecule has 1 aliphatic carbocycles. The Morgan fingerprint density at radius 2 is 2.12 bits per heavy atom. The van der Waals surface area contributed by atoms with Crippen LogP contribution in [-0.4, -0.2) is 23.3 Å². The number of esters is 1. The number of Topliss-reactive ketones (excluding diaryl/α,β-unsaturated/α-hetero) is 1. The molecule has 0 bridgehead atoms. The van der Waals surface area contributed by atoms with E-state index in [1.165, 1.54) is 0 Å². The number of allylic oxidation sites excluding steroid dienone is 3. The van der Waals surface area contributed by atoms with Crippen molar-refractivity contribution in [1.29, 1.82) is 0 Å². The van der Waals surface area contributed by atoms with E-state index < -0.39 is 5.92 Å². The van der Waals surface area contributed by atoms with E-state index in [4.69, 9.17) is 4.74 Å². The minimum Gasteiger partial charge on any atom is -0.463 e. The Kier molecular flexibility index (Phi) is 4.99. The SMILES string of the molecule is CCOC(=O)C1=C(CC)NC2=C(C(=O)CC(C)(C)C2)C1c1cccnc1. The Morgan fingerprint density at radius 1 is 1.35 bits per heavy atom. The Bertz CT molecular complexity index is 791. The smallest absolute Gasteiger partial charge is 0.336 e. The fourth-order valence-corrected chi connectivity index (χ4v) is 3.96. The molecule has 0 spiro atoms. The number of ketones is 1. The standard InChI is InChI=1S/C21H26N2O3/c1-5-14-19(20(25)26-6-2)17(13-8-7-9-22-12-13)18-15(23-14)10-21(3,4)11-16(18)24/h7-9,12,17,23H,5-6,10-11H2,1-4H3. The molecule has 1 N–H and O–H groups in total. The molecule has 1 unspecified atom stereocenters. The summed E-state index contributed by atoms with van der Waals surface area (Å²) in [5.41, 5.74) is 3.75.